The number of hydrogen-bond donors (Lipinski definition) is 0. The van der Waals surface area contributed by atoms with Crippen LogP contribution in [0.1, 0.15) is 168 Å². The average Bonchev–Trinajstić information content (AvgIpc) is 2.98. The molecule has 2 atom stereocenters. The van der Waals surface area contributed by atoms with E-state index in [-0.39, 0.29) is 12.2 Å². The molecule has 0 saturated carbocycles. The quantitative estimate of drug-likeness (QED) is 0.0288. The molecule has 0 heterocycles. The fourth-order valence-electron chi connectivity index (χ4n) is 5.00. The Morgan fingerprint density at radius 3 is 1.24 bits per heavy atom. The fourth-order valence-corrected chi connectivity index (χ4v) is 5.79. The minimum atomic E-state index is 0.282. The van der Waals surface area contributed by atoms with Crippen LogP contribution < -0.4 is 0 Å². The van der Waals surface area contributed by atoms with Crippen LogP contribution in [0.25, 0.3) is 0 Å². The van der Waals surface area contributed by atoms with E-state index in [1.165, 1.54) is 116 Å². The van der Waals surface area contributed by atoms with Crippen molar-refractivity contribution in [3.8, 4) is 0 Å². The van der Waals surface area contributed by atoms with Crippen LogP contribution in [0.2, 0.25) is 0 Å². The van der Waals surface area contributed by atoms with Crippen molar-refractivity contribution in [1.82, 2.24) is 0 Å². The van der Waals surface area contributed by atoms with Gasteiger partial charge in [0.2, 0.25) is 0 Å². The Labute approximate surface area is 273 Å². The second-order valence-electron chi connectivity index (χ2n) is 11.6. The fraction of sp³-hybridized carbons (Fsp3) is 0.889. The van der Waals surface area contributed by atoms with E-state index in [0.717, 1.165) is 49.2 Å². The second-order valence-corrected chi connectivity index (χ2v) is 13.2. The third-order valence-corrected chi connectivity index (χ3v) is 8.81. The number of allylic oxidation sites excluding steroid dienone is 4. The van der Waals surface area contributed by atoms with E-state index in [0.29, 0.717) is 13.6 Å². The Hall–Kier alpha value is 0.320. The Bertz CT molecular complexity index is 495. The van der Waals surface area contributed by atoms with Gasteiger partial charge < -0.3 is 14.2 Å². The molecule has 244 valence electrons. The molecule has 3 nitrogen and oxygen atoms in total. The summed E-state index contributed by atoms with van der Waals surface area (Å²) in [5.41, 5.74) is 0. The smallest absolute Gasteiger partial charge is 0.149 e. The maximum absolute atomic E-state index is 6.20. The molecule has 0 aliphatic carbocycles. The molecule has 5 heteroatoms. The number of alkyl halides is 2. The SMILES string of the molecule is CCCCCCC(CCC=CCCCCCCBr)OCOCOC(CCC=CCCCCCCBr)CCCCCC. The van der Waals surface area contributed by atoms with Crippen molar-refractivity contribution < 1.29 is 14.2 Å². The summed E-state index contributed by atoms with van der Waals surface area (Å²) in [7, 11) is 0. The molecule has 0 rings (SSSR count). The van der Waals surface area contributed by atoms with E-state index in [1.54, 1.807) is 0 Å². The molecule has 41 heavy (non-hydrogen) atoms. The molecule has 0 fully saturated rings. The minimum Gasteiger partial charge on any atom is -0.352 e. The second kappa shape index (κ2) is 36.5. The minimum absolute atomic E-state index is 0.282. The van der Waals surface area contributed by atoms with Crippen LogP contribution >= 0.6 is 31.9 Å². The van der Waals surface area contributed by atoms with Crippen LogP contribution in [0.3, 0.4) is 0 Å². The lowest BCUT2D eigenvalue weighted by Crippen LogP contribution is -2.19. The van der Waals surface area contributed by atoms with Crippen molar-refractivity contribution in [2.75, 3.05) is 24.2 Å². The van der Waals surface area contributed by atoms with E-state index in [4.69, 9.17) is 14.2 Å². The summed E-state index contributed by atoms with van der Waals surface area (Å²) in [6.45, 7) is 5.23. The van der Waals surface area contributed by atoms with E-state index in [2.05, 4.69) is 70.0 Å². The number of unbranched alkanes of at least 4 members (excludes halogenated alkanes) is 14. The molecular weight excluding hydrogens is 640 g/mol. The summed E-state index contributed by atoms with van der Waals surface area (Å²) in [5, 5.41) is 2.27. The molecule has 0 radical (unpaired) electrons. The number of rotatable bonds is 34. The van der Waals surface area contributed by atoms with Crippen LogP contribution in [0.15, 0.2) is 24.3 Å². The molecule has 0 bridgehead atoms. The molecule has 0 saturated heterocycles. The van der Waals surface area contributed by atoms with Crippen LogP contribution in [0.5, 0.6) is 0 Å². The maximum atomic E-state index is 6.20. The van der Waals surface area contributed by atoms with Gasteiger partial charge in [-0.15, -0.1) is 0 Å². The Balaban J connectivity index is 4.31. The lowest BCUT2D eigenvalue weighted by Gasteiger charge is -2.20. The molecule has 0 amide bonds. The Morgan fingerprint density at radius 2 is 0.829 bits per heavy atom. The summed E-state index contributed by atoms with van der Waals surface area (Å²) in [5.74, 6) is 0. The molecule has 0 aliphatic heterocycles. The zero-order valence-corrected chi connectivity index (χ0v) is 30.4. The number of halogens is 2. The molecule has 0 aromatic carbocycles. The van der Waals surface area contributed by atoms with E-state index >= 15 is 0 Å². The summed E-state index contributed by atoms with van der Waals surface area (Å²) >= 11 is 7.03. The van der Waals surface area contributed by atoms with Crippen molar-refractivity contribution in [2.24, 2.45) is 0 Å². The highest BCUT2D eigenvalue weighted by Crippen LogP contribution is 2.16. The zero-order chi connectivity index (χ0) is 29.9. The largest absolute Gasteiger partial charge is 0.352 e. The third kappa shape index (κ3) is 33.1. The molecule has 0 N–H and O–H groups in total. The molecule has 0 aliphatic rings. The van der Waals surface area contributed by atoms with Crippen molar-refractivity contribution in [1.29, 1.82) is 0 Å². The van der Waals surface area contributed by atoms with Crippen LogP contribution in [-0.4, -0.2) is 36.5 Å². The van der Waals surface area contributed by atoms with Crippen molar-refractivity contribution in [3.05, 3.63) is 24.3 Å². The predicted octanol–water partition coefficient (Wildman–Crippen LogP) is 13.0. The first-order valence-electron chi connectivity index (χ1n) is 17.5. The number of hydrogen-bond acceptors (Lipinski definition) is 3. The van der Waals surface area contributed by atoms with Gasteiger partial charge in [-0.1, -0.05) is 147 Å². The first kappa shape index (κ1) is 41.3. The van der Waals surface area contributed by atoms with Crippen molar-refractivity contribution in [3.63, 3.8) is 0 Å². The maximum Gasteiger partial charge on any atom is 0.149 e. The van der Waals surface area contributed by atoms with Gasteiger partial charge in [-0.3, -0.25) is 0 Å². The first-order chi connectivity index (χ1) is 20.3. The van der Waals surface area contributed by atoms with Gasteiger partial charge in [0.1, 0.15) is 13.6 Å². The Kier molecular flexibility index (Phi) is 36.8. The lowest BCUT2D eigenvalue weighted by atomic mass is 10.0. The summed E-state index contributed by atoms with van der Waals surface area (Å²) in [6.07, 6.45) is 39.9. The van der Waals surface area contributed by atoms with Crippen molar-refractivity contribution >= 4 is 31.9 Å². The highest BCUT2D eigenvalue weighted by molar-refractivity contribution is 9.09. The van der Waals surface area contributed by atoms with E-state index in [1.807, 2.05) is 0 Å². The summed E-state index contributed by atoms with van der Waals surface area (Å²) < 4.78 is 18.2. The van der Waals surface area contributed by atoms with Crippen LogP contribution in [-0.2, 0) is 14.2 Å². The Morgan fingerprint density at radius 1 is 0.439 bits per heavy atom. The topological polar surface area (TPSA) is 27.7 Å². The van der Waals surface area contributed by atoms with Gasteiger partial charge in [-0.25, -0.2) is 0 Å². The lowest BCUT2D eigenvalue weighted by molar-refractivity contribution is -0.167. The molecule has 0 aromatic heterocycles. The van der Waals surface area contributed by atoms with Gasteiger partial charge in [0, 0.05) is 10.7 Å². The van der Waals surface area contributed by atoms with Gasteiger partial charge in [0.15, 0.2) is 0 Å². The van der Waals surface area contributed by atoms with E-state index < -0.39 is 0 Å². The zero-order valence-electron chi connectivity index (χ0n) is 27.2. The molecule has 0 aromatic rings. The number of ether oxygens (including phenoxy) is 3. The highest BCUT2D eigenvalue weighted by Gasteiger charge is 2.11. The van der Waals surface area contributed by atoms with Crippen molar-refractivity contribution in [2.45, 2.75) is 180 Å². The molecule has 0 spiro atoms. The van der Waals surface area contributed by atoms with Crippen LogP contribution in [0, 0.1) is 0 Å². The van der Waals surface area contributed by atoms with E-state index in [9.17, 15) is 0 Å². The summed E-state index contributed by atoms with van der Waals surface area (Å²) in [4.78, 5) is 0. The third-order valence-electron chi connectivity index (χ3n) is 7.69. The predicted molar refractivity (Wildman–Crippen MR) is 189 cm³/mol. The summed E-state index contributed by atoms with van der Waals surface area (Å²) in [6, 6.07) is 0. The average molecular weight is 709 g/mol. The van der Waals surface area contributed by atoms with Gasteiger partial charge in [0.25, 0.3) is 0 Å². The highest BCUT2D eigenvalue weighted by atomic mass is 79.9. The molecule has 2 unspecified atom stereocenters. The van der Waals surface area contributed by atoms with Crippen LogP contribution in [0.4, 0.5) is 0 Å². The van der Waals surface area contributed by atoms with Gasteiger partial charge in [0.05, 0.1) is 12.2 Å². The monoisotopic (exact) mass is 706 g/mol. The standard InChI is InChI=1S/C36H68Br2O3/c1-3-5-7-21-27-35(29-23-17-13-9-11-15-19-25-31-37)40-33-39-34-41-36(28-22-8-6-4-2)30-24-18-14-10-12-16-20-26-32-38/h13-14,17-18,35-36H,3-12,15-16,19-34H2,1-2H3. The van der Waals surface area contributed by atoms with Gasteiger partial charge in [-0.2, -0.15) is 0 Å². The first-order valence-corrected chi connectivity index (χ1v) is 19.8. The normalized spacial score (nSPS) is 13.6. The van der Waals surface area contributed by atoms with Gasteiger partial charge in [-0.05, 0) is 77.0 Å². The van der Waals surface area contributed by atoms with Gasteiger partial charge >= 0.3 is 0 Å². The molecular formula is C36H68Br2O3.